The van der Waals surface area contributed by atoms with E-state index in [1.54, 1.807) is 0 Å². The summed E-state index contributed by atoms with van der Waals surface area (Å²) in [7, 11) is 0. The average molecular weight is 208 g/mol. The Morgan fingerprint density at radius 1 is 1.54 bits per heavy atom. The Labute approximate surface area is 83.2 Å². The first-order valence-electron chi connectivity index (χ1n) is 4.46. The lowest BCUT2D eigenvalue weighted by Gasteiger charge is -2.06. The van der Waals surface area contributed by atoms with Gasteiger partial charge in [0.1, 0.15) is 0 Å². The number of ether oxygens (including phenoxy) is 1. The van der Waals surface area contributed by atoms with Crippen molar-refractivity contribution in [3.05, 3.63) is 0 Å². The molecule has 0 saturated heterocycles. The second-order valence-corrected chi connectivity index (χ2v) is 4.28. The van der Waals surface area contributed by atoms with Crippen LogP contribution in [0, 0.1) is 5.92 Å². The molecule has 13 heavy (non-hydrogen) atoms. The van der Waals surface area contributed by atoms with E-state index in [0.29, 0.717) is 30.5 Å². The van der Waals surface area contributed by atoms with Crippen LogP contribution in [0.1, 0.15) is 20.3 Å². The zero-order valence-corrected chi connectivity index (χ0v) is 9.03. The number of halogens is 1. The van der Waals surface area contributed by atoms with E-state index < -0.39 is 0 Å². The second kappa shape index (κ2) is 8.35. The van der Waals surface area contributed by atoms with Crippen LogP contribution in [0.5, 0.6) is 0 Å². The van der Waals surface area contributed by atoms with Crippen molar-refractivity contribution in [3.63, 3.8) is 0 Å². The summed E-state index contributed by atoms with van der Waals surface area (Å²) < 4.78 is 16.6. The summed E-state index contributed by atoms with van der Waals surface area (Å²) in [5.41, 5.74) is 0. The van der Waals surface area contributed by atoms with Gasteiger partial charge >= 0.3 is 5.97 Å². The van der Waals surface area contributed by atoms with Gasteiger partial charge in [-0.15, -0.1) is 0 Å². The first kappa shape index (κ1) is 12.8. The van der Waals surface area contributed by atoms with Gasteiger partial charge in [0.2, 0.25) is 0 Å². The van der Waals surface area contributed by atoms with Gasteiger partial charge in [-0.3, -0.25) is 9.18 Å². The maximum absolute atomic E-state index is 11.6. The Balaban J connectivity index is 3.20. The molecule has 0 aliphatic heterocycles. The van der Waals surface area contributed by atoms with Gasteiger partial charge in [0.25, 0.3) is 0 Å². The van der Waals surface area contributed by atoms with Crippen LogP contribution in [0.2, 0.25) is 0 Å². The third-order valence-electron chi connectivity index (χ3n) is 1.22. The summed E-state index contributed by atoms with van der Waals surface area (Å²) in [5.74, 6) is 1.21. The molecular weight excluding hydrogens is 191 g/mol. The molecule has 2 nitrogen and oxygen atoms in total. The molecule has 0 aliphatic carbocycles. The molecule has 0 rings (SSSR count). The normalized spacial score (nSPS) is 10.5. The predicted octanol–water partition coefficient (Wildman–Crippen LogP) is 2.28. The molecule has 0 saturated carbocycles. The molecule has 0 aliphatic rings. The fraction of sp³-hybridized carbons (Fsp3) is 0.889. The van der Waals surface area contributed by atoms with Crippen molar-refractivity contribution in [2.75, 3.05) is 24.8 Å². The van der Waals surface area contributed by atoms with Crippen molar-refractivity contribution in [3.8, 4) is 0 Å². The molecular formula is C9H17FO2S. The molecule has 0 atom stereocenters. The number of hydrogen-bond donors (Lipinski definition) is 0. The Morgan fingerprint density at radius 3 is 2.77 bits per heavy atom. The molecule has 0 spiro atoms. The fourth-order valence-electron chi connectivity index (χ4n) is 0.613. The Bertz CT molecular complexity index is 140. The van der Waals surface area contributed by atoms with E-state index >= 15 is 0 Å². The minimum Gasteiger partial charge on any atom is -0.465 e. The highest BCUT2D eigenvalue weighted by Crippen LogP contribution is 2.04. The molecule has 0 bridgehead atoms. The monoisotopic (exact) mass is 208 g/mol. The van der Waals surface area contributed by atoms with Crippen molar-refractivity contribution < 1.29 is 13.9 Å². The van der Waals surface area contributed by atoms with Crippen molar-refractivity contribution in [1.29, 1.82) is 0 Å². The van der Waals surface area contributed by atoms with Gasteiger partial charge in [-0.25, -0.2) is 0 Å². The first-order chi connectivity index (χ1) is 6.16. The van der Waals surface area contributed by atoms with Crippen LogP contribution < -0.4 is 0 Å². The number of carbonyl (C=O) groups excluding carboxylic acids is 1. The van der Waals surface area contributed by atoms with Gasteiger partial charge in [-0.2, -0.15) is 11.8 Å². The molecule has 0 amide bonds. The van der Waals surface area contributed by atoms with Crippen LogP contribution in [-0.2, 0) is 9.53 Å². The predicted molar refractivity (Wildman–Crippen MR) is 53.7 cm³/mol. The summed E-state index contributed by atoms with van der Waals surface area (Å²) in [5, 5.41) is 0. The van der Waals surface area contributed by atoms with Gasteiger partial charge in [-0.1, -0.05) is 13.8 Å². The number of alkyl halides is 1. The van der Waals surface area contributed by atoms with Crippen LogP contribution in [0.25, 0.3) is 0 Å². The van der Waals surface area contributed by atoms with E-state index in [0.717, 1.165) is 0 Å². The number of carbonyl (C=O) groups is 1. The van der Waals surface area contributed by atoms with E-state index in [1.807, 2.05) is 13.8 Å². The summed E-state index contributed by atoms with van der Waals surface area (Å²) in [6, 6.07) is 0. The van der Waals surface area contributed by atoms with Crippen LogP contribution in [-0.4, -0.2) is 30.8 Å². The Morgan fingerprint density at radius 2 is 2.23 bits per heavy atom. The number of thioether (sulfide) groups is 1. The summed E-state index contributed by atoms with van der Waals surface area (Å²) >= 11 is 1.42. The number of rotatable bonds is 7. The Hall–Kier alpha value is -0.250. The maximum Gasteiger partial charge on any atom is 0.315 e. The zero-order valence-electron chi connectivity index (χ0n) is 8.22. The largest absolute Gasteiger partial charge is 0.465 e. The van der Waals surface area contributed by atoms with Gasteiger partial charge in [0.15, 0.2) is 0 Å². The third kappa shape index (κ3) is 9.67. The average Bonchev–Trinajstić information content (AvgIpc) is 2.09. The fourth-order valence-corrected chi connectivity index (χ4v) is 1.32. The van der Waals surface area contributed by atoms with E-state index in [-0.39, 0.29) is 12.6 Å². The zero-order chi connectivity index (χ0) is 10.1. The van der Waals surface area contributed by atoms with Crippen LogP contribution in [0.15, 0.2) is 0 Å². The lowest BCUT2D eigenvalue weighted by atomic mass is 10.2. The standard InChI is InChI=1S/C9H17FO2S/c1-8(2)6-12-9(11)7-13-5-3-4-10/h8H,3-7H2,1-2H3. The van der Waals surface area contributed by atoms with Crippen LogP contribution in [0.4, 0.5) is 4.39 Å². The highest BCUT2D eigenvalue weighted by Gasteiger charge is 2.03. The maximum atomic E-state index is 11.6. The molecule has 0 aromatic heterocycles. The van der Waals surface area contributed by atoms with Crippen LogP contribution in [0.3, 0.4) is 0 Å². The third-order valence-corrected chi connectivity index (χ3v) is 2.24. The molecule has 0 unspecified atom stereocenters. The van der Waals surface area contributed by atoms with E-state index in [1.165, 1.54) is 11.8 Å². The van der Waals surface area contributed by atoms with E-state index in [4.69, 9.17) is 4.74 Å². The SMILES string of the molecule is CC(C)COC(=O)CSCCCF. The van der Waals surface area contributed by atoms with E-state index in [9.17, 15) is 9.18 Å². The molecule has 0 N–H and O–H groups in total. The van der Waals surface area contributed by atoms with Crippen LogP contribution >= 0.6 is 11.8 Å². The lowest BCUT2D eigenvalue weighted by Crippen LogP contribution is -2.12. The second-order valence-electron chi connectivity index (χ2n) is 3.17. The molecule has 0 aromatic carbocycles. The lowest BCUT2D eigenvalue weighted by molar-refractivity contribution is -0.141. The highest BCUT2D eigenvalue weighted by molar-refractivity contribution is 7.99. The minimum atomic E-state index is -0.311. The van der Waals surface area contributed by atoms with Crippen molar-refractivity contribution in [2.24, 2.45) is 5.92 Å². The summed E-state index contributed by atoms with van der Waals surface area (Å²) in [6.07, 6.45) is 0.516. The minimum absolute atomic E-state index is 0.197. The molecule has 0 fully saturated rings. The Kier molecular flexibility index (Phi) is 8.19. The quantitative estimate of drug-likeness (QED) is 0.474. The van der Waals surface area contributed by atoms with Crippen molar-refractivity contribution in [2.45, 2.75) is 20.3 Å². The van der Waals surface area contributed by atoms with Gasteiger partial charge < -0.3 is 4.74 Å². The molecule has 78 valence electrons. The summed E-state index contributed by atoms with van der Waals surface area (Å²) in [4.78, 5) is 11.0. The van der Waals surface area contributed by atoms with E-state index in [2.05, 4.69) is 0 Å². The van der Waals surface area contributed by atoms with Crippen molar-refractivity contribution >= 4 is 17.7 Å². The number of esters is 1. The van der Waals surface area contributed by atoms with Gasteiger partial charge in [0, 0.05) is 0 Å². The molecule has 0 aromatic rings. The van der Waals surface area contributed by atoms with Gasteiger partial charge in [-0.05, 0) is 18.1 Å². The first-order valence-corrected chi connectivity index (χ1v) is 5.61. The number of hydrogen-bond acceptors (Lipinski definition) is 3. The molecule has 0 heterocycles. The van der Waals surface area contributed by atoms with Gasteiger partial charge in [0.05, 0.1) is 19.0 Å². The topological polar surface area (TPSA) is 26.3 Å². The van der Waals surface area contributed by atoms with Crippen molar-refractivity contribution in [1.82, 2.24) is 0 Å². The highest BCUT2D eigenvalue weighted by atomic mass is 32.2. The molecule has 0 radical (unpaired) electrons. The molecule has 4 heteroatoms. The summed E-state index contributed by atoms with van der Waals surface area (Å²) in [6.45, 7) is 4.14. The smallest absolute Gasteiger partial charge is 0.315 e.